The SMILES string of the molecule is CCC1c2nnc(C)n2-c2cnc(-n3ccnc3-c3ccccc3)nc2N1C1CCCC1. The fraction of sp³-hybridized carbons (Fsp3) is 0.375. The van der Waals surface area contributed by atoms with Gasteiger partial charge in [0.1, 0.15) is 17.3 Å². The lowest BCUT2D eigenvalue weighted by Crippen LogP contribution is -2.42. The molecule has 1 fully saturated rings. The van der Waals surface area contributed by atoms with E-state index in [1.165, 1.54) is 25.7 Å². The van der Waals surface area contributed by atoms with Crippen molar-refractivity contribution in [2.45, 2.75) is 58.0 Å². The summed E-state index contributed by atoms with van der Waals surface area (Å²) < 4.78 is 4.10. The van der Waals surface area contributed by atoms with Crippen LogP contribution >= 0.6 is 0 Å². The highest BCUT2D eigenvalue weighted by atomic mass is 15.4. The van der Waals surface area contributed by atoms with Gasteiger partial charge in [-0.2, -0.15) is 4.98 Å². The van der Waals surface area contributed by atoms with Gasteiger partial charge in [-0.05, 0) is 26.2 Å². The highest BCUT2D eigenvalue weighted by molar-refractivity contribution is 5.64. The van der Waals surface area contributed by atoms with E-state index in [9.17, 15) is 0 Å². The Hall–Kier alpha value is -3.55. The minimum atomic E-state index is 0.158. The molecule has 3 aromatic heterocycles. The number of hydrogen-bond acceptors (Lipinski definition) is 6. The Morgan fingerprint density at radius 2 is 1.84 bits per heavy atom. The quantitative estimate of drug-likeness (QED) is 0.480. The fourth-order valence-electron chi connectivity index (χ4n) is 5.24. The topological polar surface area (TPSA) is 77.5 Å². The van der Waals surface area contributed by atoms with E-state index < -0.39 is 0 Å². The molecule has 8 nitrogen and oxygen atoms in total. The smallest absolute Gasteiger partial charge is 0.237 e. The number of imidazole rings is 1. The first-order chi connectivity index (χ1) is 15.8. The van der Waals surface area contributed by atoms with Crippen molar-refractivity contribution in [3.8, 4) is 23.0 Å². The van der Waals surface area contributed by atoms with Crippen molar-refractivity contribution in [3.05, 3.63) is 60.6 Å². The van der Waals surface area contributed by atoms with E-state index >= 15 is 0 Å². The Morgan fingerprint density at radius 1 is 1.03 bits per heavy atom. The summed E-state index contributed by atoms with van der Waals surface area (Å²) in [6, 6.07) is 10.8. The number of rotatable bonds is 4. The van der Waals surface area contributed by atoms with Gasteiger partial charge in [0.2, 0.25) is 5.95 Å². The molecule has 0 N–H and O–H groups in total. The van der Waals surface area contributed by atoms with Crippen LogP contribution in [0.1, 0.15) is 56.7 Å². The van der Waals surface area contributed by atoms with Gasteiger partial charge in [-0.3, -0.25) is 9.13 Å². The maximum absolute atomic E-state index is 5.15. The molecule has 4 heterocycles. The van der Waals surface area contributed by atoms with Crippen molar-refractivity contribution >= 4 is 5.82 Å². The van der Waals surface area contributed by atoms with Gasteiger partial charge in [0.15, 0.2) is 11.6 Å². The normalized spacial score (nSPS) is 18.1. The van der Waals surface area contributed by atoms with Gasteiger partial charge < -0.3 is 4.90 Å². The monoisotopic (exact) mass is 426 g/mol. The van der Waals surface area contributed by atoms with Crippen LogP contribution in [0.4, 0.5) is 5.82 Å². The van der Waals surface area contributed by atoms with Crippen LogP contribution in [0.2, 0.25) is 0 Å². The number of fused-ring (bicyclic) bond motifs is 3. The second-order valence-corrected chi connectivity index (χ2v) is 8.58. The maximum atomic E-state index is 5.15. The average Bonchev–Trinajstić information content (AvgIpc) is 3.60. The van der Waals surface area contributed by atoms with E-state index in [2.05, 4.69) is 43.7 Å². The lowest BCUT2D eigenvalue weighted by molar-refractivity contribution is 0.467. The number of nitrogens with zero attached hydrogens (tertiary/aromatic N) is 8. The molecule has 8 heteroatoms. The lowest BCUT2D eigenvalue weighted by atomic mass is 10.0. The molecular formula is C24H26N8. The van der Waals surface area contributed by atoms with E-state index in [0.29, 0.717) is 12.0 Å². The molecule has 1 unspecified atom stereocenters. The number of aryl methyl sites for hydroxylation is 1. The predicted octanol–water partition coefficient (Wildman–Crippen LogP) is 4.43. The molecule has 1 atom stereocenters. The van der Waals surface area contributed by atoms with Crippen molar-refractivity contribution in [2.24, 2.45) is 0 Å². The minimum absolute atomic E-state index is 0.158. The number of aromatic nitrogens is 7. The molecule has 0 saturated heterocycles. The zero-order chi connectivity index (χ0) is 21.7. The van der Waals surface area contributed by atoms with Crippen LogP contribution in [0.25, 0.3) is 23.0 Å². The minimum Gasteiger partial charge on any atom is -0.341 e. The summed E-state index contributed by atoms with van der Waals surface area (Å²) in [4.78, 5) is 17.0. The third-order valence-electron chi connectivity index (χ3n) is 6.70. The molecule has 4 aromatic rings. The summed E-state index contributed by atoms with van der Waals surface area (Å²) in [5, 5.41) is 8.95. The van der Waals surface area contributed by atoms with E-state index in [4.69, 9.17) is 9.97 Å². The van der Waals surface area contributed by atoms with E-state index in [-0.39, 0.29) is 6.04 Å². The zero-order valence-electron chi connectivity index (χ0n) is 18.4. The van der Waals surface area contributed by atoms with Crippen molar-refractivity contribution in [1.29, 1.82) is 0 Å². The molecule has 0 amide bonds. The molecule has 162 valence electrons. The molecule has 1 aliphatic carbocycles. The molecule has 0 spiro atoms. The Balaban J connectivity index is 1.53. The van der Waals surface area contributed by atoms with E-state index in [0.717, 1.165) is 41.0 Å². The number of anilines is 1. The van der Waals surface area contributed by atoms with Crippen LogP contribution in [0, 0.1) is 6.92 Å². The summed E-state index contributed by atoms with van der Waals surface area (Å²) in [6.07, 6.45) is 11.5. The summed E-state index contributed by atoms with van der Waals surface area (Å²) in [5.74, 6) is 4.30. The van der Waals surface area contributed by atoms with Gasteiger partial charge in [0, 0.05) is 24.0 Å². The van der Waals surface area contributed by atoms with Gasteiger partial charge >= 0.3 is 0 Å². The van der Waals surface area contributed by atoms with Crippen LogP contribution in [-0.2, 0) is 0 Å². The standard InChI is InChI=1S/C24H26N8/c1-3-19-23-29-28-16(2)31(23)20-15-26-24(27-22(20)32(19)18-11-7-8-12-18)30-14-13-25-21(30)17-9-5-4-6-10-17/h4-6,9-10,13-15,18-19H,3,7-8,11-12H2,1-2H3. The van der Waals surface area contributed by atoms with Crippen LogP contribution in [-0.4, -0.2) is 40.3 Å². The lowest BCUT2D eigenvalue weighted by Gasteiger charge is -2.41. The largest absolute Gasteiger partial charge is 0.341 e. The molecule has 32 heavy (non-hydrogen) atoms. The molecule has 1 aromatic carbocycles. The molecule has 2 aliphatic rings. The Bertz CT molecular complexity index is 1250. The molecule has 6 rings (SSSR count). The second kappa shape index (κ2) is 7.55. The molecule has 0 bridgehead atoms. The molecule has 1 saturated carbocycles. The summed E-state index contributed by atoms with van der Waals surface area (Å²) >= 11 is 0. The van der Waals surface area contributed by atoms with Crippen LogP contribution in [0.3, 0.4) is 0 Å². The zero-order valence-corrected chi connectivity index (χ0v) is 18.4. The van der Waals surface area contributed by atoms with Gasteiger partial charge in [-0.1, -0.05) is 50.1 Å². The third-order valence-corrected chi connectivity index (χ3v) is 6.70. The summed E-state index contributed by atoms with van der Waals surface area (Å²) in [5.41, 5.74) is 2.00. The maximum Gasteiger partial charge on any atom is 0.237 e. The first kappa shape index (κ1) is 19.2. The Labute approximate surface area is 187 Å². The fourth-order valence-corrected chi connectivity index (χ4v) is 5.24. The van der Waals surface area contributed by atoms with Crippen LogP contribution in [0.15, 0.2) is 48.9 Å². The van der Waals surface area contributed by atoms with E-state index in [1.54, 1.807) is 6.20 Å². The Kier molecular flexibility index (Phi) is 4.52. The predicted molar refractivity (Wildman–Crippen MR) is 122 cm³/mol. The number of hydrogen-bond donors (Lipinski definition) is 0. The molecular weight excluding hydrogens is 400 g/mol. The third kappa shape index (κ3) is 2.86. The first-order valence-electron chi connectivity index (χ1n) is 11.4. The van der Waals surface area contributed by atoms with Gasteiger partial charge in [0.05, 0.1) is 12.2 Å². The van der Waals surface area contributed by atoms with Crippen LogP contribution < -0.4 is 4.90 Å². The second-order valence-electron chi connectivity index (χ2n) is 8.58. The van der Waals surface area contributed by atoms with Crippen molar-refractivity contribution in [3.63, 3.8) is 0 Å². The Morgan fingerprint density at radius 3 is 2.62 bits per heavy atom. The number of benzene rings is 1. The summed E-state index contributed by atoms with van der Waals surface area (Å²) in [6.45, 7) is 4.22. The first-order valence-corrected chi connectivity index (χ1v) is 11.4. The average molecular weight is 427 g/mol. The van der Waals surface area contributed by atoms with Crippen molar-refractivity contribution in [2.75, 3.05) is 4.90 Å². The molecule has 0 radical (unpaired) electrons. The highest BCUT2D eigenvalue weighted by Gasteiger charge is 2.39. The van der Waals surface area contributed by atoms with Crippen LogP contribution in [0.5, 0.6) is 0 Å². The highest BCUT2D eigenvalue weighted by Crippen LogP contribution is 2.43. The molecule has 1 aliphatic heterocycles. The summed E-state index contributed by atoms with van der Waals surface area (Å²) in [7, 11) is 0. The van der Waals surface area contributed by atoms with Gasteiger partial charge in [0.25, 0.3) is 0 Å². The van der Waals surface area contributed by atoms with E-state index in [1.807, 2.05) is 42.1 Å². The van der Waals surface area contributed by atoms with Gasteiger partial charge in [-0.15, -0.1) is 10.2 Å². The van der Waals surface area contributed by atoms with Crippen molar-refractivity contribution in [1.82, 2.24) is 34.3 Å². The van der Waals surface area contributed by atoms with Gasteiger partial charge in [-0.25, -0.2) is 9.97 Å². The van der Waals surface area contributed by atoms with Crippen molar-refractivity contribution < 1.29 is 0 Å².